The van der Waals surface area contributed by atoms with E-state index in [2.05, 4.69) is 11.4 Å². The van der Waals surface area contributed by atoms with Crippen LogP contribution in [0.2, 0.25) is 0 Å². The number of rotatable bonds is 3. The molecular formula is C22H14N2O3. The van der Waals surface area contributed by atoms with Gasteiger partial charge in [0.05, 0.1) is 22.4 Å². The Balaban J connectivity index is 2.24. The van der Waals surface area contributed by atoms with Crippen molar-refractivity contribution in [3.8, 4) is 28.3 Å². The number of nitrogens with one attached hydrogen (secondary N) is 1. The van der Waals surface area contributed by atoms with E-state index in [9.17, 15) is 14.9 Å². The van der Waals surface area contributed by atoms with Crippen LogP contribution in [-0.2, 0) is 4.74 Å². The molecule has 0 atom stereocenters. The number of hydrogen-bond donors (Lipinski definition) is 1. The maximum absolute atomic E-state index is 12.6. The zero-order chi connectivity index (χ0) is 19.0. The Morgan fingerprint density at radius 2 is 1.30 bits per heavy atom. The van der Waals surface area contributed by atoms with Crippen molar-refractivity contribution in [2.45, 2.75) is 0 Å². The topological polar surface area (TPSA) is 79.2 Å². The summed E-state index contributed by atoms with van der Waals surface area (Å²) in [4.78, 5) is 24.9. The fraction of sp³-hybridized carbons (Fsp3) is 0.0455. The Bertz CT molecular complexity index is 1110. The minimum Gasteiger partial charge on any atom is -0.386 e. The van der Waals surface area contributed by atoms with Gasteiger partial charge in [0, 0.05) is 18.2 Å². The highest BCUT2D eigenvalue weighted by Crippen LogP contribution is 2.45. The summed E-state index contributed by atoms with van der Waals surface area (Å²) in [6.45, 7) is 0. The number of hydrogen-bond acceptors (Lipinski definition) is 5. The lowest BCUT2D eigenvalue weighted by Crippen LogP contribution is -2.07. The van der Waals surface area contributed by atoms with Crippen LogP contribution in [0.3, 0.4) is 0 Å². The van der Waals surface area contributed by atoms with Crippen molar-refractivity contribution in [3.05, 3.63) is 77.4 Å². The van der Waals surface area contributed by atoms with E-state index < -0.39 is 11.9 Å². The molecule has 1 aliphatic heterocycles. The third-order valence-corrected chi connectivity index (χ3v) is 4.58. The largest absolute Gasteiger partial charge is 0.386 e. The zero-order valence-corrected chi connectivity index (χ0v) is 14.4. The molecule has 27 heavy (non-hydrogen) atoms. The van der Waals surface area contributed by atoms with Gasteiger partial charge in [-0.15, -0.1) is 0 Å². The third kappa shape index (κ3) is 2.47. The van der Waals surface area contributed by atoms with Crippen molar-refractivity contribution in [2.24, 2.45) is 0 Å². The molecule has 1 heterocycles. The predicted octanol–water partition coefficient (Wildman–Crippen LogP) is 4.24. The van der Waals surface area contributed by atoms with Crippen molar-refractivity contribution in [3.63, 3.8) is 0 Å². The van der Waals surface area contributed by atoms with Crippen LogP contribution in [0.25, 0.3) is 22.3 Å². The summed E-state index contributed by atoms with van der Waals surface area (Å²) in [5.41, 5.74) is 3.54. The van der Waals surface area contributed by atoms with Gasteiger partial charge in [0.15, 0.2) is 0 Å². The molecule has 5 nitrogen and oxygen atoms in total. The number of fused-ring (bicyclic) bond motifs is 1. The van der Waals surface area contributed by atoms with Crippen LogP contribution >= 0.6 is 0 Å². The summed E-state index contributed by atoms with van der Waals surface area (Å²) in [6, 6.07) is 20.8. The molecule has 0 aliphatic carbocycles. The molecule has 0 fully saturated rings. The number of esters is 2. The first-order valence-electron chi connectivity index (χ1n) is 8.36. The molecule has 4 rings (SSSR count). The Labute approximate surface area is 155 Å². The maximum Gasteiger partial charge on any atom is 0.349 e. The summed E-state index contributed by atoms with van der Waals surface area (Å²) < 4.78 is 4.90. The Kier molecular flexibility index (Phi) is 3.94. The normalized spacial score (nSPS) is 12.3. The van der Waals surface area contributed by atoms with Gasteiger partial charge in [0.1, 0.15) is 6.07 Å². The van der Waals surface area contributed by atoms with Crippen molar-refractivity contribution in [1.29, 1.82) is 5.26 Å². The molecule has 5 heteroatoms. The number of nitrogens with zero attached hydrogens (tertiary/aromatic N) is 1. The molecule has 1 aliphatic rings. The standard InChI is InChI=1S/C22H14N2O3/c1-24-20-15(12-23)16(13-8-4-2-5-9-13)17(14-10-6-3-7-11-14)18-19(20)22(26)27-21(18)25/h2-11,24H,1H3. The van der Waals surface area contributed by atoms with Gasteiger partial charge in [-0.25, -0.2) is 9.59 Å². The summed E-state index contributed by atoms with van der Waals surface area (Å²) in [5.74, 6) is -1.44. The Morgan fingerprint density at radius 3 is 1.81 bits per heavy atom. The maximum atomic E-state index is 12.6. The monoisotopic (exact) mass is 354 g/mol. The number of cyclic esters (lactones) is 2. The number of nitriles is 1. The van der Waals surface area contributed by atoms with E-state index in [0.717, 1.165) is 11.1 Å². The second kappa shape index (κ2) is 6.43. The number of carbonyl (C=O) groups is 2. The molecule has 0 spiro atoms. The van der Waals surface area contributed by atoms with E-state index in [-0.39, 0.29) is 11.1 Å². The molecule has 0 bridgehead atoms. The minimum atomic E-state index is -0.743. The molecule has 0 unspecified atom stereocenters. The SMILES string of the molecule is CNc1c(C#N)c(-c2ccccc2)c(-c2ccccc2)c2c1C(=O)OC2=O. The lowest BCUT2D eigenvalue weighted by atomic mass is 9.84. The fourth-order valence-corrected chi connectivity index (χ4v) is 3.49. The van der Waals surface area contributed by atoms with Crippen LogP contribution in [0.1, 0.15) is 26.3 Å². The van der Waals surface area contributed by atoms with Gasteiger partial charge in [-0.2, -0.15) is 5.26 Å². The third-order valence-electron chi connectivity index (χ3n) is 4.58. The van der Waals surface area contributed by atoms with Gasteiger partial charge in [-0.1, -0.05) is 60.7 Å². The van der Waals surface area contributed by atoms with E-state index in [0.29, 0.717) is 22.4 Å². The van der Waals surface area contributed by atoms with Crippen LogP contribution in [0, 0.1) is 11.3 Å². The van der Waals surface area contributed by atoms with Crippen molar-refractivity contribution < 1.29 is 14.3 Å². The zero-order valence-electron chi connectivity index (χ0n) is 14.4. The average Bonchev–Trinajstić information content (AvgIpc) is 3.01. The van der Waals surface area contributed by atoms with Crippen LogP contribution < -0.4 is 5.32 Å². The van der Waals surface area contributed by atoms with E-state index >= 15 is 0 Å². The van der Waals surface area contributed by atoms with Gasteiger partial charge in [0.2, 0.25) is 0 Å². The van der Waals surface area contributed by atoms with Gasteiger partial charge >= 0.3 is 11.9 Å². The fourth-order valence-electron chi connectivity index (χ4n) is 3.49. The lowest BCUT2D eigenvalue weighted by Gasteiger charge is -2.18. The molecule has 0 amide bonds. The average molecular weight is 354 g/mol. The van der Waals surface area contributed by atoms with Crippen molar-refractivity contribution in [2.75, 3.05) is 12.4 Å². The van der Waals surface area contributed by atoms with E-state index in [1.54, 1.807) is 7.05 Å². The summed E-state index contributed by atoms with van der Waals surface area (Å²) in [7, 11) is 1.61. The highest BCUT2D eigenvalue weighted by Gasteiger charge is 2.39. The summed E-state index contributed by atoms with van der Waals surface area (Å²) in [5, 5.41) is 12.8. The van der Waals surface area contributed by atoms with Gasteiger partial charge in [-0.3, -0.25) is 0 Å². The van der Waals surface area contributed by atoms with E-state index in [1.165, 1.54) is 0 Å². The Morgan fingerprint density at radius 1 is 0.778 bits per heavy atom. The van der Waals surface area contributed by atoms with E-state index in [4.69, 9.17) is 4.74 Å². The lowest BCUT2D eigenvalue weighted by molar-refractivity contribution is 0.0444. The summed E-state index contributed by atoms with van der Waals surface area (Å²) in [6.07, 6.45) is 0. The van der Waals surface area contributed by atoms with Gasteiger partial charge < -0.3 is 10.1 Å². The summed E-state index contributed by atoms with van der Waals surface area (Å²) >= 11 is 0. The number of ether oxygens (including phenoxy) is 1. The minimum absolute atomic E-state index is 0.109. The van der Waals surface area contributed by atoms with Gasteiger partial charge in [0.25, 0.3) is 0 Å². The molecular weight excluding hydrogens is 340 g/mol. The molecule has 3 aromatic rings. The Hall–Kier alpha value is -3.91. The smallest absolute Gasteiger partial charge is 0.349 e. The highest BCUT2D eigenvalue weighted by atomic mass is 16.6. The van der Waals surface area contributed by atoms with E-state index in [1.807, 2.05) is 60.7 Å². The molecule has 3 aromatic carbocycles. The van der Waals surface area contributed by atoms with Crippen LogP contribution in [0.15, 0.2) is 60.7 Å². The second-order valence-electron chi connectivity index (χ2n) is 6.02. The molecule has 130 valence electrons. The highest BCUT2D eigenvalue weighted by molar-refractivity contribution is 6.23. The number of carbonyl (C=O) groups excluding carboxylic acids is 2. The number of benzene rings is 3. The molecule has 0 saturated carbocycles. The number of anilines is 1. The van der Waals surface area contributed by atoms with Gasteiger partial charge in [-0.05, 0) is 11.1 Å². The quantitative estimate of drug-likeness (QED) is 0.562. The molecule has 1 N–H and O–H groups in total. The van der Waals surface area contributed by atoms with Crippen LogP contribution in [0.4, 0.5) is 5.69 Å². The molecule has 0 radical (unpaired) electrons. The van der Waals surface area contributed by atoms with Crippen LogP contribution in [-0.4, -0.2) is 19.0 Å². The first kappa shape index (κ1) is 16.6. The molecule has 0 aromatic heterocycles. The predicted molar refractivity (Wildman–Crippen MR) is 101 cm³/mol. The van der Waals surface area contributed by atoms with Crippen LogP contribution in [0.5, 0.6) is 0 Å². The first-order chi connectivity index (χ1) is 13.2. The van der Waals surface area contributed by atoms with Crippen molar-refractivity contribution >= 4 is 17.6 Å². The van der Waals surface area contributed by atoms with Crippen molar-refractivity contribution in [1.82, 2.24) is 0 Å². The molecule has 0 saturated heterocycles. The second-order valence-corrected chi connectivity index (χ2v) is 6.02. The first-order valence-corrected chi connectivity index (χ1v) is 8.36.